The number of rotatable bonds is 5. The standard InChI is InChI=1S/C20H22FN3O4S/c1-14(25)16-3-8-20(19(21)13-16)23-9-11-24(12-10-23)29(27,28)18-6-4-17(5-7-18)22-15(2)26/h3-8,13H,9-12H2,1-2H3,(H,22,26). The third-order valence-corrected chi connectivity index (χ3v) is 6.66. The number of hydrogen-bond donors (Lipinski definition) is 1. The molecular weight excluding hydrogens is 397 g/mol. The molecule has 0 radical (unpaired) electrons. The molecule has 154 valence electrons. The summed E-state index contributed by atoms with van der Waals surface area (Å²) in [6.07, 6.45) is 0. The van der Waals surface area contributed by atoms with Gasteiger partial charge in [0.15, 0.2) is 5.78 Å². The van der Waals surface area contributed by atoms with Gasteiger partial charge in [-0.1, -0.05) is 0 Å². The van der Waals surface area contributed by atoms with Gasteiger partial charge in [0.1, 0.15) is 5.82 Å². The average molecular weight is 419 g/mol. The van der Waals surface area contributed by atoms with Crippen molar-refractivity contribution in [3.8, 4) is 0 Å². The summed E-state index contributed by atoms with van der Waals surface area (Å²) in [6, 6.07) is 10.3. The van der Waals surface area contributed by atoms with Crippen LogP contribution in [0.1, 0.15) is 24.2 Å². The van der Waals surface area contributed by atoms with Crippen LogP contribution in [0.3, 0.4) is 0 Å². The third-order valence-electron chi connectivity index (χ3n) is 4.75. The molecule has 29 heavy (non-hydrogen) atoms. The molecule has 2 aromatic rings. The minimum atomic E-state index is -3.69. The molecule has 1 amide bonds. The fraction of sp³-hybridized carbons (Fsp3) is 0.300. The Kier molecular flexibility index (Phi) is 5.99. The first-order valence-electron chi connectivity index (χ1n) is 9.12. The van der Waals surface area contributed by atoms with Crippen molar-refractivity contribution in [3.63, 3.8) is 0 Å². The highest BCUT2D eigenvalue weighted by molar-refractivity contribution is 7.89. The van der Waals surface area contributed by atoms with Gasteiger partial charge in [-0.3, -0.25) is 9.59 Å². The van der Waals surface area contributed by atoms with Crippen molar-refractivity contribution in [1.29, 1.82) is 0 Å². The zero-order chi connectivity index (χ0) is 21.2. The molecule has 2 aromatic carbocycles. The molecular formula is C20H22FN3O4S. The number of benzene rings is 2. The molecule has 9 heteroatoms. The summed E-state index contributed by atoms with van der Waals surface area (Å²) in [5.41, 5.74) is 1.17. The number of nitrogens with zero attached hydrogens (tertiary/aromatic N) is 2. The fourth-order valence-electron chi connectivity index (χ4n) is 3.21. The molecule has 0 aromatic heterocycles. The van der Waals surface area contributed by atoms with E-state index in [1.807, 2.05) is 0 Å². The van der Waals surface area contributed by atoms with Gasteiger partial charge in [0, 0.05) is 44.4 Å². The van der Waals surface area contributed by atoms with Crippen LogP contribution < -0.4 is 10.2 Å². The van der Waals surface area contributed by atoms with E-state index in [0.29, 0.717) is 30.0 Å². The monoisotopic (exact) mass is 419 g/mol. The molecule has 0 atom stereocenters. The van der Waals surface area contributed by atoms with Gasteiger partial charge in [0.2, 0.25) is 15.9 Å². The maximum absolute atomic E-state index is 14.4. The first-order chi connectivity index (χ1) is 13.7. The Labute approximate surface area is 169 Å². The van der Waals surface area contributed by atoms with Crippen molar-refractivity contribution in [2.75, 3.05) is 36.4 Å². The number of halogens is 1. The van der Waals surface area contributed by atoms with Crippen molar-refractivity contribution in [1.82, 2.24) is 4.31 Å². The van der Waals surface area contributed by atoms with Crippen LogP contribution in [0.25, 0.3) is 0 Å². The zero-order valence-electron chi connectivity index (χ0n) is 16.2. The summed E-state index contributed by atoms with van der Waals surface area (Å²) >= 11 is 0. The van der Waals surface area contributed by atoms with E-state index in [9.17, 15) is 22.4 Å². The van der Waals surface area contributed by atoms with Crippen LogP contribution in [-0.2, 0) is 14.8 Å². The molecule has 0 spiro atoms. The van der Waals surface area contributed by atoms with Gasteiger partial charge in [-0.05, 0) is 49.4 Å². The van der Waals surface area contributed by atoms with E-state index >= 15 is 0 Å². The second kappa shape index (κ2) is 8.30. The highest BCUT2D eigenvalue weighted by Crippen LogP contribution is 2.25. The van der Waals surface area contributed by atoms with E-state index in [0.717, 1.165) is 0 Å². The van der Waals surface area contributed by atoms with Crippen molar-refractivity contribution in [3.05, 3.63) is 53.8 Å². The van der Waals surface area contributed by atoms with Crippen molar-refractivity contribution in [2.24, 2.45) is 0 Å². The van der Waals surface area contributed by atoms with Crippen LogP contribution in [0.4, 0.5) is 15.8 Å². The van der Waals surface area contributed by atoms with Crippen LogP contribution in [0, 0.1) is 5.82 Å². The smallest absolute Gasteiger partial charge is 0.243 e. The molecule has 0 unspecified atom stereocenters. The van der Waals surface area contributed by atoms with Crippen molar-refractivity contribution in [2.45, 2.75) is 18.7 Å². The minimum Gasteiger partial charge on any atom is -0.367 e. The SMILES string of the molecule is CC(=O)Nc1ccc(S(=O)(=O)N2CCN(c3ccc(C(C)=O)cc3F)CC2)cc1. The van der Waals surface area contributed by atoms with Crippen LogP contribution in [0.15, 0.2) is 47.4 Å². The number of ketones is 1. The molecule has 0 bridgehead atoms. The third kappa shape index (κ3) is 4.63. The largest absolute Gasteiger partial charge is 0.367 e. The zero-order valence-corrected chi connectivity index (χ0v) is 17.0. The maximum atomic E-state index is 14.4. The Hall–Kier alpha value is -2.78. The lowest BCUT2D eigenvalue weighted by molar-refractivity contribution is -0.114. The van der Waals surface area contributed by atoms with Gasteiger partial charge in [0.05, 0.1) is 10.6 Å². The van der Waals surface area contributed by atoms with Gasteiger partial charge in [-0.15, -0.1) is 0 Å². The first kappa shape index (κ1) is 20.9. The number of Topliss-reactive ketones (excluding diaryl/α,β-unsaturated/α-hetero) is 1. The van der Waals surface area contributed by atoms with Crippen LogP contribution in [-0.4, -0.2) is 50.6 Å². The molecule has 1 aliphatic heterocycles. The molecule has 3 rings (SSSR count). The molecule has 1 heterocycles. The lowest BCUT2D eigenvalue weighted by Gasteiger charge is -2.35. The van der Waals surface area contributed by atoms with Gasteiger partial charge < -0.3 is 10.2 Å². The maximum Gasteiger partial charge on any atom is 0.243 e. The van der Waals surface area contributed by atoms with E-state index in [4.69, 9.17) is 0 Å². The predicted octanol–water partition coefficient (Wildman–Crippen LogP) is 2.50. The predicted molar refractivity (Wildman–Crippen MR) is 108 cm³/mol. The summed E-state index contributed by atoms with van der Waals surface area (Å²) in [6.45, 7) is 3.84. The van der Waals surface area contributed by atoms with Crippen LogP contribution in [0.5, 0.6) is 0 Å². The number of hydrogen-bond acceptors (Lipinski definition) is 5. The Morgan fingerprint density at radius 2 is 1.59 bits per heavy atom. The summed E-state index contributed by atoms with van der Waals surface area (Å²) < 4.78 is 41.4. The van der Waals surface area contributed by atoms with Gasteiger partial charge in [-0.25, -0.2) is 12.8 Å². The minimum absolute atomic E-state index is 0.136. The normalized spacial score (nSPS) is 15.2. The van der Waals surface area contributed by atoms with Gasteiger partial charge in [-0.2, -0.15) is 4.31 Å². The number of carbonyl (C=O) groups excluding carboxylic acids is 2. The van der Waals surface area contributed by atoms with E-state index < -0.39 is 15.8 Å². The molecule has 1 saturated heterocycles. The average Bonchev–Trinajstić information content (AvgIpc) is 2.68. The van der Waals surface area contributed by atoms with Crippen LogP contribution in [0.2, 0.25) is 0 Å². The number of nitrogens with one attached hydrogen (secondary N) is 1. The topological polar surface area (TPSA) is 86.8 Å². The second-order valence-electron chi connectivity index (χ2n) is 6.82. The number of carbonyl (C=O) groups is 2. The number of amides is 1. The van der Waals surface area contributed by atoms with Gasteiger partial charge in [0.25, 0.3) is 0 Å². The molecule has 1 aliphatic rings. The molecule has 1 N–H and O–H groups in total. The van der Waals surface area contributed by atoms with E-state index in [1.54, 1.807) is 17.0 Å². The summed E-state index contributed by atoms with van der Waals surface area (Å²) in [5.74, 6) is -0.946. The fourth-order valence-corrected chi connectivity index (χ4v) is 4.64. The van der Waals surface area contributed by atoms with Crippen LogP contribution >= 0.6 is 0 Å². The lowest BCUT2D eigenvalue weighted by atomic mass is 10.1. The molecule has 0 aliphatic carbocycles. The first-order valence-corrected chi connectivity index (χ1v) is 10.6. The van der Waals surface area contributed by atoms with E-state index in [1.165, 1.54) is 48.5 Å². The Balaban J connectivity index is 1.69. The summed E-state index contributed by atoms with van der Waals surface area (Å²) in [7, 11) is -3.69. The highest BCUT2D eigenvalue weighted by atomic mass is 32.2. The molecule has 1 fully saturated rings. The molecule has 7 nitrogen and oxygen atoms in total. The number of piperazine rings is 1. The number of sulfonamides is 1. The second-order valence-corrected chi connectivity index (χ2v) is 8.76. The van der Waals surface area contributed by atoms with Crippen molar-refractivity contribution >= 4 is 33.1 Å². The Bertz CT molecular complexity index is 1030. The lowest BCUT2D eigenvalue weighted by Crippen LogP contribution is -2.48. The Morgan fingerprint density at radius 3 is 2.10 bits per heavy atom. The summed E-state index contributed by atoms with van der Waals surface area (Å²) in [5, 5.41) is 2.59. The number of anilines is 2. The summed E-state index contributed by atoms with van der Waals surface area (Å²) in [4.78, 5) is 24.4. The Morgan fingerprint density at radius 1 is 0.966 bits per heavy atom. The highest BCUT2D eigenvalue weighted by Gasteiger charge is 2.29. The van der Waals surface area contributed by atoms with Gasteiger partial charge >= 0.3 is 0 Å². The van der Waals surface area contributed by atoms with E-state index in [2.05, 4.69) is 5.32 Å². The van der Waals surface area contributed by atoms with Crippen molar-refractivity contribution < 1.29 is 22.4 Å². The molecule has 0 saturated carbocycles. The quantitative estimate of drug-likeness (QED) is 0.753. The van der Waals surface area contributed by atoms with E-state index in [-0.39, 0.29) is 29.7 Å².